The first-order valence-electron chi connectivity index (χ1n) is 7.81. The lowest BCUT2D eigenvalue weighted by Crippen LogP contribution is -2.24. The second kappa shape index (κ2) is 5.90. The minimum absolute atomic E-state index is 0.136. The van der Waals surface area contributed by atoms with Crippen LogP contribution in [0.5, 0.6) is 0 Å². The van der Waals surface area contributed by atoms with Crippen molar-refractivity contribution in [3.8, 4) is 0 Å². The Hall–Kier alpha value is -3.42. The molecule has 0 radical (unpaired) electrons. The maximum absolute atomic E-state index is 12.2. The Balaban J connectivity index is 1.45. The molecular weight excluding hydrogens is 322 g/mol. The van der Waals surface area contributed by atoms with Crippen LogP contribution in [0.4, 0.5) is 5.69 Å². The van der Waals surface area contributed by atoms with E-state index in [4.69, 9.17) is 4.42 Å². The zero-order valence-corrected chi connectivity index (χ0v) is 13.5. The maximum Gasteiger partial charge on any atom is 0.350 e. The highest BCUT2D eigenvalue weighted by molar-refractivity contribution is 5.92. The van der Waals surface area contributed by atoms with E-state index in [1.54, 1.807) is 49.5 Å². The van der Waals surface area contributed by atoms with E-state index >= 15 is 0 Å². The van der Waals surface area contributed by atoms with Gasteiger partial charge in [-0.2, -0.15) is 0 Å². The lowest BCUT2D eigenvalue weighted by molar-refractivity contribution is -0.116. The van der Waals surface area contributed by atoms with Crippen molar-refractivity contribution >= 4 is 28.3 Å². The molecule has 4 rings (SSSR count). The standard InChI is InChI=1S/C17H15N5O3/c1-11-18-13-6-5-12(10-14(13)25-11)19-16(23)7-9-22-17(24)21-8-3-2-4-15(21)20-22/h2-6,8,10H,7,9H2,1H3,(H,19,23). The van der Waals surface area contributed by atoms with E-state index < -0.39 is 0 Å². The lowest BCUT2D eigenvalue weighted by Gasteiger charge is -2.04. The van der Waals surface area contributed by atoms with E-state index in [0.29, 0.717) is 22.8 Å². The molecule has 25 heavy (non-hydrogen) atoms. The normalized spacial score (nSPS) is 11.2. The number of amides is 1. The molecule has 0 aliphatic heterocycles. The summed E-state index contributed by atoms with van der Waals surface area (Å²) < 4.78 is 8.18. The highest BCUT2D eigenvalue weighted by atomic mass is 16.3. The number of aryl methyl sites for hydroxylation is 2. The molecule has 1 N–H and O–H groups in total. The minimum Gasteiger partial charge on any atom is -0.441 e. The summed E-state index contributed by atoms with van der Waals surface area (Å²) in [6.45, 7) is 1.97. The second-order valence-electron chi connectivity index (χ2n) is 5.65. The first-order valence-corrected chi connectivity index (χ1v) is 7.81. The van der Waals surface area contributed by atoms with Crippen LogP contribution in [-0.2, 0) is 11.3 Å². The summed E-state index contributed by atoms with van der Waals surface area (Å²) in [5, 5.41) is 6.99. The number of nitrogens with one attached hydrogen (secondary N) is 1. The quantitative estimate of drug-likeness (QED) is 0.614. The van der Waals surface area contributed by atoms with Gasteiger partial charge >= 0.3 is 5.69 Å². The first kappa shape index (κ1) is 15.1. The van der Waals surface area contributed by atoms with Crippen molar-refractivity contribution in [2.24, 2.45) is 0 Å². The molecule has 0 aliphatic rings. The van der Waals surface area contributed by atoms with Crippen LogP contribution in [-0.4, -0.2) is 25.1 Å². The Morgan fingerprint density at radius 3 is 3.00 bits per heavy atom. The molecule has 4 aromatic rings. The monoisotopic (exact) mass is 337 g/mol. The van der Waals surface area contributed by atoms with Gasteiger partial charge in [0.2, 0.25) is 5.91 Å². The second-order valence-corrected chi connectivity index (χ2v) is 5.65. The van der Waals surface area contributed by atoms with E-state index in [9.17, 15) is 9.59 Å². The maximum atomic E-state index is 12.2. The van der Waals surface area contributed by atoms with Crippen LogP contribution >= 0.6 is 0 Å². The van der Waals surface area contributed by atoms with Crippen molar-refractivity contribution in [3.63, 3.8) is 0 Å². The molecular formula is C17H15N5O3. The topological polar surface area (TPSA) is 94.4 Å². The summed E-state index contributed by atoms with van der Waals surface area (Å²) >= 11 is 0. The fourth-order valence-electron chi connectivity index (χ4n) is 2.66. The number of carbonyl (C=O) groups is 1. The summed E-state index contributed by atoms with van der Waals surface area (Å²) in [6.07, 6.45) is 1.78. The molecule has 0 spiro atoms. The van der Waals surface area contributed by atoms with Crippen LogP contribution in [0.25, 0.3) is 16.7 Å². The van der Waals surface area contributed by atoms with Crippen molar-refractivity contribution in [1.29, 1.82) is 0 Å². The Kier molecular flexibility index (Phi) is 3.57. The van der Waals surface area contributed by atoms with Gasteiger partial charge in [-0.25, -0.2) is 14.5 Å². The third-order valence-electron chi connectivity index (χ3n) is 3.82. The number of aromatic nitrogens is 4. The SMILES string of the molecule is Cc1nc2ccc(NC(=O)CCn3nc4ccccn4c3=O)cc2o1. The Bertz CT molecular complexity index is 1140. The number of hydrogen-bond acceptors (Lipinski definition) is 5. The van der Waals surface area contributed by atoms with Gasteiger partial charge in [0.05, 0.1) is 6.54 Å². The molecule has 3 aromatic heterocycles. The van der Waals surface area contributed by atoms with Gasteiger partial charge in [-0.3, -0.25) is 9.20 Å². The van der Waals surface area contributed by atoms with E-state index in [2.05, 4.69) is 15.4 Å². The molecule has 126 valence electrons. The number of oxazole rings is 1. The molecule has 8 nitrogen and oxygen atoms in total. The molecule has 0 unspecified atom stereocenters. The van der Waals surface area contributed by atoms with Crippen LogP contribution in [0.15, 0.2) is 51.8 Å². The number of fused-ring (bicyclic) bond motifs is 2. The average molecular weight is 337 g/mol. The molecule has 3 heterocycles. The van der Waals surface area contributed by atoms with Gasteiger partial charge in [-0.1, -0.05) is 6.07 Å². The van der Waals surface area contributed by atoms with Crippen LogP contribution in [0.2, 0.25) is 0 Å². The van der Waals surface area contributed by atoms with Crippen molar-refractivity contribution in [3.05, 3.63) is 59.0 Å². The summed E-state index contributed by atoms with van der Waals surface area (Å²) in [7, 11) is 0. The van der Waals surface area contributed by atoms with Gasteiger partial charge in [0.1, 0.15) is 5.52 Å². The summed E-state index contributed by atoms with van der Waals surface area (Å²) in [4.78, 5) is 28.5. The van der Waals surface area contributed by atoms with Crippen LogP contribution in [0.1, 0.15) is 12.3 Å². The van der Waals surface area contributed by atoms with Gasteiger partial charge in [0.25, 0.3) is 0 Å². The van der Waals surface area contributed by atoms with Crippen LogP contribution in [0, 0.1) is 6.92 Å². The predicted molar refractivity (Wildman–Crippen MR) is 91.4 cm³/mol. The predicted octanol–water partition coefficient (Wildman–Crippen LogP) is 1.97. The fraction of sp³-hybridized carbons (Fsp3) is 0.176. The van der Waals surface area contributed by atoms with Gasteiger partial charge in [-0.15, -0.1) is 5.10 Å². The van der Waals surface area contributed by atoms with E-state index in [1.807, 2.05) is 0 Å². The molecule has 1 amide bonds. The number of nitrogens with zero attached hydrogens (tertiary/aromatic N) is 4. The van der Waals surface area contributed by atoms with Gasteiger partial charge in [0.15, 0.2) is 17.1 Å². The molecule has 1 aromatic carbocycles. The highest BCUT2D eigenvalue weighted by Crippen LogP contribution is 2.19. The van der Waals surface area contributed by atoms with E-state index in [-0.39, 0.29) is 24.6 Å². The van der Waals surface area contributed by atoms with E-state index in [0.717, 1.165) is 5.52 Å². The Labute approximate surface area is 141 Å². The molecule has 0 aliphatic carbocycles. The third kappa shape index (κ3) is 2.89. The largest absolute Gasteiger partial charge is 0.441 e. The van der Waals surface area contributed by atoms with Crippen molar-refractivity contribution < 1.29 is 9.21 Å². The van der Waals surface area contributed by atoms with E-state index in [1.165, 1.54) is 9.08 Å². The zero-order valence-electron chi connectivity index (χ0n) is 13.5. The first-order chi connectivity index (χ1) is 12.1. The molecule has 8 heteroatoms. The van der Waals surface area contributed by atoms with Gasteiger partial charge in [0, 0.05) is 31.3 Å². The molecule has 0 saturated heterocycles. The summed E-state index contributed by atoms with van der Waals surface area (Å²) in [5.74, 6) is 0.365. The average Bonchev–Trinajstić information content (AvgIpc) is 3.12. The number of carbonyl (C=O) groups excluding carboxylic acids is 1. The van der Waals surface area contributed by atoms with Gasteiger partial charge in [-0.05, 0) is 24.3 Å². The molecule has 0 atom stereocenters. The van der Waals surface area contributed by atoms with Crippen molar-refractivity contribution in [2.45, 2.75) is 19.9 Å². The Morgan fingerprint density at radius 1 is 1.28 bits per heavy atom. The zero-order chi connectivity index (χ0) is 17.4. The van der Waals surface area contributed by atoms with Gasteiger partial charge < -0.3 is 9.73 Å². The fourth-order valence-corrected chi connectivity index (χ4v) is 2.66. The van der Waals surface area contributed by atoms with Crippen LogP contribution in [0.3, 0.4) is 0 Å². The van der Waals surface area contributed by atoms with Crippen molar-refractivity contribution in [2.75, 3.05) is 5.32 Å². The number of rotatable bonds is 4. The lowest BCUT2D eigenvalue weighted by atomic mass is 10.2. The Morgan fingerprint density at radius 2 is 2.16 bits per heavy atom. The summed E-state index contributed by atoms with van der Waals surface area (Å²) in [5.41, 5.74) is 2.27. The summed E-state index contributed by atoms with van der Waals surface area (Å²) in [6, 6.07) is 10.6. The number of benzene rings is 1. The minimum atomic E-state index is -0.262. The number of hydrogen-bond donors (Lipinski definition) is 1. The highest BCUT2D eigenvalue weighted by Gasteiger charge is 2.10. The van der Waals surface area contributed by atoms with Crippen molar-refractivity contribution in [1.82, 2.24) is 19.2 Å². The molecule has 0 fully saturated rings. The third-order valence-corrected chi connectivity index (χ3v) is 3.82. The smallest absolute Gasteiger partial charge is 0.350 e. The number of pyridine rings is 1. The number of anilines is 1. The molecule has 0 bridgehead atoms. The van der Waals surface area contributed by atoms with Crippen LogP contribution < -0.4 is 11.0 Å². The molecule has 0 saturated carbocycles.